The molecule has 4 nitrogen and oxygen atoms in total. The highest BCUT2D eigenvalue weighted by atomic mass is 35.5. The third kappa shape index (κ3) is 1.20. The van der Waals surface area contributed by atoms with Crippen molar-refractivity contribution in [3.05, 3.63) is 22.4 Å². The molecule has 68 valence electrons. The highest BCUT2D eigenvalue weighted by Gasteiger charge is 2.18. The quantitative estimate of drug-likeness (QED) is 0.684. The second kappa shape index (κ2) is 3.01. The molecule has 2 heterocycles. The number of fused-ring (bicyclic) bond motifs is 1. The van der Waals surface area contributed by atoms with E-state index >= 15 is 0 Å². The van der Waals surface area contributed by atoms with Crippen molar-refractivity contribution in [2.45, 2.75) is 0 Å². The van der Waals surface area contributed by atoms with E-state index in [4.69, 9.17) is 11.6 Å². The van der Waals surface area contributed by atoms with Crippen molar-refractivity contribution in [1.29, 1.82) is 0 Å². The van der Waals surface area contributed by atoms with E-state index in [9.17, 15) is 4.79 Å². The lowest BCUT2D eigenvalue weighted by Gasteiger charge is -1.93. The lowest BCUT2D eigenvalue weighted by atomic mass is 10.5. The van der Waals surface area contributed by atoms with Crippen LogP contribution in [0.5, 0.6) is 0 Å². The number of carbonyl (C=O) groups excluding carboxylic acids is 1. The Bertz CT molecular complexity index is 462. The van der Waals surface area contributed by atoms with Gasteiger partial charge in [-0.1, -0.05) is 11.6 Å². The molecule has 2 aromatic rings. The van der Waals surface area contributed by atoms with Crippen LogP contribution in [0, 0.1) is 0 Å². The Morgan fingerprint density at radius 1 is 1.77 bits per heavy atom. The molecule has 2 rings (SSSR count). The minimum Gasteiger partial charge on any atom is -0.464 e. The summed E-state index contributed by atoms with van der Waals surface area (Å²) in [5.41, 5.74) is 0.163. The normalized spacial score (nSPS) is 10.6. The lowest BCUT2D eigenvalue weighted by Crippen LogP contribution is -2.02. The van der Waals surface area contributed by atoms with Gasteiger partial charge in [0.25, 0.3) is 0 Å². The van der Waals surface area contributed by atoms with E-state index in [-0.39, 0.29) is 5.69 Å². The number of carbonyl (C=O) groups is 1. The molecule has 0 radical (unpaired) electrons. The van der Waals surface area contributed by atoms with Crippen LogP contribution in [-0.4, -0.2) is 22.5 Å². The first-order valence-electron chi connectivity index (χ1n) is 3.43. The predicted molar refractivity (Wildman–Crippen MR) is 49.4 cm³/mol. The summed E-state index contributed by atoms with van der Waals surface area (Å²) in [6.45, 7) is 0. The predicted octanol–water partition coefficient (Wildman–Crippen LogP) is 1.84. The lowest BCUT2D eigenvalue weighted by molar-refractivity contribution is 0.0595. The van der Waals surface area contributed by atoms with Gasteiger partial charge >= 0.3 is 5.97 Å². The standard InChI is InChI=1S/C7H5ClN2O2S/c1-12-6(11)4-5(8)10-2-3-13-7(10)9-4/h2-3H,1H3. The van der Waals surface area contributed by atoms with E-state index in [1.807, 2.05) is 5.38 Å². The Labute approximate surface area is 82.7 Å². The SMILES string of the molecule is COC(=O)c1nc2sccn2c1Cl. The van der Waals surface area contributed by atoms with E-state index < -0.39 is 5.97 Å². The largest absolute Gasteiger partial charge is 0.464 e. The molecule has 0 bridgehead atoms. The fourth-order valence-electron chi connectivity index (χ4n) is 0.985. The highest BCUT2D eigenvalue weighted by Crippen LogP contribution is 2.21. The summed E-state index contributed by atoms with van der Waals surface area (Å²) in [4.78, 5) is 15.8. The number of aromatic nitrogens is 2. The van der Waals surface area contributed by atoms with Crippen LogP contribution in [0.15, 0.2) is 11.6 Å². The molecule has 0 saturated heterocycles. The minimum absolute atomic E-state index is 0.163. The average molecular weight is 217 g/mol. The fourth-order valence-corrected chi connectivity index (χ4v) is 2.00. The van der Waals surface area contributed by atoms with Gasteiger partial charge in [0.1, 0.15) is 5.15 Å². The summed E-state index contributed by atoms with van der Waals surface area (Å²) in [6, 6.07) is 0. The number of halogens is 1. The number of methoxy groups -OCH3 is 1. The van der Waals surface area contributed by atoms with Crippen molar-refractivity contribution < 1.29 is 9.53 Å². The Morgan fingerprint density at radius 2 is 2.54 bits per heavy atom. The Balaban J connectivity index is 2.64. The van der Waals surface area contributed by atoms with E-state index in [0.717, 1.165) is 0 Å². The van der Waals surface area contributed by atoms with E-state index in [1.165, 1.54) is 18.4 Å². The van der Waals surface area contributed by atoms with Crippen molar-refractivity contribution in [2.75, 3.05) is 7.11 Å². The summed E-state index contributed by atoms with van der Waals surface area (Å²) < 4.78 is 6.16. The van der Waals surface area contributed by atoms with Crippen LogP contribution in [0.25, 0.3) is 4.96 Å². The third-order valence-electron chi connectivity index (χ3n) is 1.58. The van der Waals surface area contributed by atoms with Gasteiger partial charge < -0.3 is 4.74 Å². The van der Waals surface area contributed by atoms with Gasteiger partial charge in [0.05, 0.1) is 7.11 Å². The molecule has 0 aromatic carbocycles. The molecule has 0 fully saturated rings. The second-order valence-corrected chi connectivity index (χ2v) is 3.53. The second-order valence-electron chi connectivity index (χ2n) is 2.30. The van der Waals surface area contributed by atoms with Crippen LogP contribution >= 0.6 is 22.9 Å². The molecule has 0 unspecified atom stereocenters. The number of thiazole rings is 1. The molecule has 0 atom stereocenters. The van der Waals surface area contributed by atoms with Crippen LogP contribution in [0.1, 0.15) is 10.5 Å². The third-order valence-corrected chi connectivity index (χ3v) is 2.70. The topological polar surface area (TPSA) is 43.6 Å². The highest BCUT2D eigenvalue weighted by molar-refractivity contribution is 7.15. The number of nitrogens with zero attached hydrogens (tertiary/aromatic N) is 2. The first kappa shape index (κ1) is 8.52. The zero-order chi connectivity index (χ0) is 9.42. The molecule has 0 spiro atoms. The number of ether oxygens (including phenoxy) is 1. The van der Waals surface area contributed by atoms with E-state index in [2.05, 4.69) is 9.72 Å². The summed E-state index contributed by atoms with van der Waals surface area (Å²) in [6.07, 6.45) is 1.75. The van der Waals surface area contributed by atoms with Gasteiger partial charge in [-0.25, -0.2) is 9.78 Å². The maximum atomic E-state index is 11.1. The molecule has 2 aromatic heterocycles. The molecule has 13 heavy (non-hydrogen) atoms. The summed E-state index contributed by atoms with van der Waals surface area (Å²) in [7, 11) is 1.30. The summed E-state index contributed by atoms with van der Waals surface area (Å²) >= 11 is 7.29. The van der Waals surface area contributed by atoms with Crippen LogP contribution < -0.4 is 0 Å². The molecule has 0 amide bonds. The maximum Gasteiger partial charge on any atom is 0.359 e. The van der Waals surface area contributed by atoms with Crippen molar-refractivity contribution in [3.8, 4) is 0 Å². The molecule has 0 aliphatic heterocycles. The maximum absolute atomic E-state index is 11.1. The smallest absolute Gasteiger partial charge is 0.359 e. The van der Waals surface area contributed by atoms with Gasteiger partial charge in [-0.2, -0.15) is 0 Å². The first-order valence-corrected chi connectivity index (χ1v) is 4.69. The number of hydrogen-bond donors (Lipinski definition) is 0. The molecule has 6 heteroatoms. The Hall–Kier alpha value is -1.07. The summed E-state index contributed by atoms with van der Waals surface area (Å²) in [5, 5.41) is 2.14. The van der Waals surface area contributed by atoms with Crippen LogP contribution in [0.3, 0.4) is 0 Å². The monoisotopic (exact) mass is 216 g/mol. The Kier molecular flexibility index (Phi) is 1.97. The van der Waals surface area contributed by atoms with Gasteiger partial charge in [-0.05, 0) is 0 Å². The van der Waals surface area contributed by atoms with Crippen LogP contribution in [0.4, 0.5) is 0 Å². The number of esters is 1. The van der Waals surface area contributed by atoms with Crippen LogP contribution in [0.2, 0.25) is 5.15 Å². The molecular formula is C7H5ClN2O2S. The van der Waals surface area contributed by atoms with Crippen molar-refractivity contribution in [1.82, 2.24) is 9.38 Å². The van der Waals surface area contributed by atoms with Gasteiger partial charge in [0.2, 0.25) is 0 Å². The van der Waals surface area contributed by atoms with Gasteiger partial charge in [-0.3, -0.25) is 4.40 Å². The van der Waals surface area contributed by atoms with Crippen molar-refractivity contribution >= 4 is 33.9 Å². The molecule has 0 aliphatic rings. The zero-order valence-electron chi connectivity index (χ0n) is 6.65. The molecule has 0 aliphatic carbocycles. The number of hydrogen-bond acceptors (Lipinski definition) is 4. The molecular weight excluding hydrogens is 212 g/mol. The first-order chi connectivity index (χ1) is 6.24. The summed E-state index contributed by atoms with van der Waals surface area (Å²) in [5.74, 6) is -0.513. The van der Waals surface area contributed by atoms with Gasteiger partial charge in [0.15, 0.2) is 10.7 Å². The van der Waals surface area contributed by atoms with E-state index in [0.29, 0.717) is 10.1 Å². The molecule has 0 saturated carbocycles. The fraction of sp³-hybridized carbons (Fsp3) is 0.143. The number of imidazole rings is 1. The minimum atomic E-state index is -0.513. The van der Waals surface area contributed by atoms with Gasteiger partial charge in [0, 0.05) is 11.6 Å². The van der Waals surface area contributed by atoms with Gasteiger partial charge in [-0.15, -0.1) is 11.3 Å². The number of rotatable bonds is 1. The van der Waals surface area contributed by atoms with Crippen molar-refractivity contribution in [2.24, 2.45) is 0 Å². The van der Waals surface area contributed by atoms with Crippen LogP contribution in [-0.2, 0) is 4.74 Å². The van der Waals surface area contributed by atoms with E-state index in [1.54, 1.807) is 10.6 Å². The average Bonchev–Trinajstić information content (AvgIpc) is 2.68. The van der Waals surface area contributed by atoms with Crippen molar-refractivity contribution in [3.63, 3.8) is 0 Å². The molecule has 0 N–H and O–H groups in total. The Morgan fingerprint density at radius 3 is 3.15 bits per heavy atom. The zero-order valence-corrected chi connectivity index (χ0v) is 8.22.